The van der Waals surface area contributed by atoms with Crippen LogP contribution in [0.2, 0.25) is 0 Å². The molecule has 0 bridgehead atoms. The van der Waals surface area contributed by atoms with Gasteiger partial charge in [-0.05, 0) is 31.0 Å². The molecule has 1 aromatic heterocycles. The lowest BCUT2D eigenvalue weighted by Gasteiger charge is -2.34. The van der Waals surface area contributed by atoms with Crippen molar-refractivity contribution >= 4 is 27.6 Å². The van der Waals surface area contributed by atoms with Crippen LogP contribution in [0.25, 0.3) is 0 Å². The lowest BCUT2D eigenvalue weighted by molar-refractivity contribution is 0.0600. The van der Waals surface area contributed by atoms with Gasteiger partial charge in [0.2, 0.25) is 10.0 Å². The van der Waals surface area contributed by atoms with Gasteiger partial charge in [-0.2, -0.15) is 0 Å². The second kappa shape index (κ2) is 10.5. The molecule has 1 aromatic carbocycles. The Morgan fingerprint density at radius 3 is 2.53 bits per heavy atom. The number of sulfonamides is 1. The summed E-state index contributed by atoms with van der Waals surface area (Å²) in [6.07, 6.45) is 3.01. The number of anilines is 2. The molecule has 1 atom stereocenters. The molecule has 12 heteroatoms. The Balaban J connectivity index is 1.50. The highest BCUT2D eigenvalue weighted by Gasteiger charge is 2.29. The highest BCUT2D eigenvalue weighted by molar-refractivity contribution is 7.89. The SMILES string of the molecule is COC(=O)c1ccc(OC)c(S(=O)(=O)NC2CCCN(c3cc(N4CCOCC4)ncn3)C2)c1. The number of nitrogens with one attached hydrogen (secondary N) is 1. The number of hydrogen-bond acceptors (Lipinski definition) is 10. The molecule has 1 unspecified atom stereocenters. The van der Waals surface area contributed by atoms with E-state index in [9.17, 15) is 13.2 Å². The van der Waals surface area contributed by atoms with Gasteiger partial charge in [0.1, 0.15) is 28.6 Å². The van der Waals surface area contributed by atoms with Crippen LogP contribution >= 0.6 is 0 Å². The van der Waals surface area contributed by atoms with Gasteiger partial charge in [-0.1, -0.05) is 0 Å². The summed E-state index contributed by atoms with van der Waals surface area (Å²) in [6.45, 7) is 4.08. The number of piperidine rings is 1. The normalized spacial score (nSPS) is 19.1. The number of ether oxygens (including phenoxy) is 3. The largest absolute Gasteiger partial charge is 0.495 e. The zero-order chi connectivity index (χ0) is 24.1. The van der Waals surface area contributed by atoms with Gasteiger partial charge < -0.3 is 24.0 Å². The number of morpholine rings is 1. The van der Waals surface area contributed by atoms with Crippen LogP contribution in [-0.2, 0) is 19.5 Å². The van der Waals surface area contributed by atoms with Gasteiger partial charge in [-0.15, -0.1) is 0 Å². The van der Waals surface area contributed by atoms with Crippen LogP contribution in [0.1, 0.15) is 23.2 Å². The number of rotatable bonds is 7. The predicted octanol–water partition coefficient (Wildman–Crippen LogP) is 1.06. The minimum absolute atomic E-state index is 0.105. The Morgan fingerprint density at radius 1 is 1.09 bits per heavy atom. The molecule has 0 radical (unpaired) electrons. The number of nitrogens with zero attached hydrogens (tertiary/aromatic N) is 4. The van der Waals surface area contributed by atoms with E-state index in [0.717, 1.165) is 37.7 Å². The molecule has 34 heavy (non-hydrogen) atoms. The van der Waals surface area contributed by atoms with Crippen LogP contribution in [0.4, 0.5) is 11.6 Å². The summed E-state index contributed by atoms with van der Waals surface area (Å²) < 4.78 is 44.6. The summed E-state index contributed by atoms with van der Waals surface area (Å²) in [6, 6.07) is 5.78. The van der Waals surface area contributed by atoms with Crippen molar-refractivity contribution in [3.63, 3.8) is 0 Å². The molecular weight excluding hydrogens is 462 g/mol. The molecule has 0 aliphatic carbocycles. The van der Waals surface area contributed by atoms with E-state index in [1.54, 1.807) is 0 Å². The van der Waals surface area contributed by atoms with Gasteiger partial charge in [0.25, 0.3) is 0 Å². The quantitative estimate of drug-likeness (QED) is 0.562. The van der Waals surface area contributed by atoms with Crippen LogP contribution in [0.15, 0.2) is 35.5 Å². The maximum absolute atomic E-state index is 13.2. The second-order valence-corrected chi connectivity index (χ2v) is 9.78. The monoisotopic (exact) mass is 491 g/mol. The number of carbonyl (C=O) groups excluding carboxylic acids is 1. The van der Waals surface area contributed by atoms with Gasteiger partial charge >= 0.3 is 5.97 Å². The van der Waals surface area contributed by atoms with E-state index >= 15 is 0 Å². The first-order valence-electron chi connectivity index (χ1n) is 11.1. The maximum Gasteiger partial charge on any atom is 0.337 e. The van der Waals surface area contributed by atoms with Crippen LogP contribution in [-0.4, -0.2) is 84.0 Å². The molecule has 2 aliphatic rings. The van der Waals surface area contributed by atoms with E-state index < -0.39 is 16.0 Å². The van der Waals surface area contributed by atoms with Crippen molar-refractivity contribution in [1.29, 1.82) is 0 Å². The van der Waals surface area contributed by atoms with Crippen LogP contribution in [0, 0.1) is 0 Å². The fraction of sp³-hybridized carbons (Fsp3) is 0.500. The highest BCUT2D eigenvalue weighted by atomic mass is 32.2. The number of hydrogen-bond donors (Lipinski definition) is 1. The summed E-state index contributed by atoms with van der Waals surface area (Å²) in [5, 5.41) is 0. The van der Waals surface area contributed by atoms with Gasteiger partial charge in [0.15, 0.2) is 0 Å². The number of methoxy groups -OCH3 is 2. The first-order valence-corrected chi connectivity index (χ1v) is 12.6. The predicted molar refractivity (Wildman–Crippen MR) is 125 cm³/mol. The van der Waals surface area contributed by atoms with Crippen molar-refractivity contribution in [3.8, 4) is 5.75 Å². The Kier molecular flexibility index (Phi) is 7.49. The molecule has 2 saturated heterocycles. The summed E-state index contributed by atoms with van der Waals surface area (Å²) in [5.41, 5.74) is 0.130. The maximum atomic E-state index is 13.2. The molecule has 0 saturated carbocycles. The van der Waals surface area contributed by atoms with E-state index in [1.165, 1.54) is 38.7 Å². The fourth-order valence-electron chi connectivity index (χ4n) is 4.17. The average molecular weight is 492 g/mol. The third kappa shape index (κ3) is 5.40. The van der Waals surface area contributed by atoms with E-state index in [4.69, 9.17) is 14.2 Å². The fourth-order valence-corrected chi connectivity index (χ4v) is 5.63. The van der Waals surface area contributed by atoms with Crippen molar-refractivity contribution in [2.45, 2.75) is 23.8 Å². The summed E-state index contributed by atoms with van der Waals surface area (Å²) in [7, 11) is -1.33. The molecule has 3 heterocycles. The topological polar surface area (TPSA) is 123 Å². The van der Waals surface area contributed by atoms with E-state index in [0.29, 0.717) is 26.2 Å². The van der Waals surface area contributed by atoms with Crippen LogP contribution < -0.4 is 19.3 Å². The third-order valence-corrected chi connectivity index (χ3v) is 7.46. The average Bonchev–Trinajstić information content (AvgIpc) is 2.88. The van der Waals surface area contributed by atoms with Gasteiger partial charge in [-0.3, -0.25) is 0 Å². The molecule has 0 spiro atoms. The Bertz CT molecular complexity index is 1120. The molecule has 11 nitrogen and oxygen atoms in total. The van der Waals surface area contributed by atoms with Crippen LogP contribution in [0.3, 0.4) is 0 Å². The second-order valence-electron chi connectivity index (χ2n) is 8.10. The van der Waals surface area contributed by atoms with E-state index in [-0.39, 0.29) is 22.3 Å². The van der Waals surface area contributed by atoms with Crippen molar-refractivity contribution in [2.24, 2.45) is 0 Å². The number of carbonyl (C=O) groups is 1. The molecule has 1 N–H and O–H groups in total. The summed E-state index contributed by atoms with van der Waals surface area (Å²) in [4.78, 5) is 24.8. The molecular formula is C22H29N5O6S. The number of aromatic nitrogens is 2. The molecule has 2 aromatic rings. The first kappa shape index (κ1) is 24.2. The zero-order valence-electron chi connectivity index (χ0n) is 19.3. The van der Waals surface area contributed by atoms with Gasteiger partial charge in [0, 0.05) is 38.3 Å². The first-order chi connectivity index (χ1) is 16.4. The van der Waals surface area contributed by atoms with Crippen molar-refractivity contribution in [2.75, 3.05) is 63.4 Å². The third-order valence-electron chi connectivity index (χ3n) is 5.91. The Morgan fingerprint density at radius 2 is 1.82 bits per heavy atom. The summed E-state index contributed by atoms with van der Waals surface area (Å²) >= 11 is 0. The number of benzene rings is 1. The number of esters is 1. The zero-order valence-corrected chi connectivity index (χ0v) is 20.1. The molecule has 2 aliphatic heterocycles. The van der Waals surface area contributed by atoms with Crippen molar-refractivity contribution in [3.05, 3.63) is 36.2 Å². The molecule has 0 amide bonds. The smallest absolute Gasteiger partial charge is 0.337 e. The Labute approximate surface area is 199 Å². The Hall–Kier alpha value is -2.96. The minimum atomic E-state index is -3.96. The van der Waals surface area contributed by atoms with Gasteiger partial charge in [0.05, 0.1) is 33.0 Å². The highest BCUT2D eigenvalue weighted by Crippen LogP contribution is 2.27. The minimum Gasteiger partial charge on any atom is -0.495 e. The molecule has 184 valence electrons. The van der Waals surface area contributed by atoms with Crippen molar-refractivity contribution < 1.29 is 27.4 Å². The molecule has 4 rings (SSSR count). The van der Waals surface area contributed by atoms with E-state index in [2.05, 4.69) is 24.5 Å². The lowest BCUT2D eigenvalue weighted by Crippen LogP contribution is -2.48. The lowest BCUT2D eigenvalue weighted by atomic mass is 10.1. The van der Waals surface area contributed by atoms with Crippen LogP contribution in [0.5, 0.6) is 5.75 Å². The summed E-state index contributed by atoms with van der Waals surface area (Å²) in [5.74, 6) is 1.12. The van der Waals surface area contributed by atoms with Gasteiger partial charge in [-0.25, -0.2) is 27.9 Å². The van der Waals surface area contributed by atoms with Crippen molar-refractivity contribution in [1.82, 2.24) is 14.7 Å². The van der Waals surface area contributed by atoms with E-state index in [1.807, 2.05) is 6.07 Å². The standard InChI is InChI=1S/C22H29N5O6S/c1-31-18-6-5-16(22(28)32-2)12-19(18)34(29,30)25-17-4-3-7-27(14-17)21-13-20(23-15-24-21)26-8-10-33-11-9-26/h5-6,12-13,15,17,25H,3-4,7-11,14H2,1-2H3. The molecule has 2 fully saturated rings.